The number of rotatable bonds is 32. The molecule has 2 atom stereocenters. The molecule has 276 valence electrons. The quantitative estimate of drug-likeness (QED) is 0.0206. The smallest absolute Gasteiger partial charge is 0.462 e. The normalized spacial score (nSPS) is 13.9. The third-order valence-corrected chi connectivity index (χ3v) is 7.89. The molecule has 48 heavy (non-hydrogen) atoms. The van der Waals surface area contributed by atoms with Crippen LogP contribution in [-0.2, 0) is 28.2 Å². The van der Waals surface area contributed by atoms with Gasteiger partial charge in [-0.15, -0.1) is 0 Å². The van der Waals surface area contributed by atoms with E-state index in [4.69, 9.17) is 19.3 Å². The Kier molecular flexibility index (Phi) is 31.6. The molecule has 9 nitrogen and oxygen atoms in total. The Morgan fingerprint density at radius 3 is 1.73 bits per heavy atom. The van der Waals surface area contributed by atoms with E-state index < -0.39 is 38.6 Å². The molecule has 0 rings (SSSR count). The molecule has 3 N–H and O–H groups in total. The molecule has 0 bridgehead atoms. The van der Waals surface area contributed by atoms with Gasteiger partial charge in [-0.25, -0.2) is 4.57 Å². The van der Waals surface area contributed by atoms with Crippen molar-refractivity contribution in [1.82, 2.24) is 0 Å². The van der Waals surface area contributed by atoms with Crippen LogP contribution in [0.3, 0.4) is 0 Å². The van der Waals surface area contributed by atoms with Crippen LogP contribution in [0.25, 0.3) is 0 Å². The van der Waals surface area contributed by atoms with Crippen LogP contribution in [0, 0.1) is 0 Å². The maximum atomic E-state index is 12.4. The largest absolute Gasteiger partial charge is 0.469 e. The average Bonchev–Trinajstić information content (AvgIpc) is 3.04. The molecule has 0 aromatic rings. The highest BCUT2D eigenvalue weighted by Crippen LogP contribution is 2.36. The summed E-state index contributed by atoms with van der Waals surface area (Å²) < 4.78 is 26.1. The highest BCUT2D eigenvalue weighted by Gasteiger charge is 2.23. The fraction of sp³-hybridized carbons (Fsp3) is 0.684. The van der Waals surface area contributed by atoms with E-state index in [2.05, 4.69) is 54.8 Å². The summed E-state index contributed by atoms with van der Waals surface area (Å²) in [5.41, 5.74) is 0. The highest BCUT2D eigenvalue weighted by molar-refractivity contribution is 7.46. The molecule has 0 aromatic heterocycles. The van der Waals surface area contributed by atoms with Gasteiger partial charge in [0, 0.05) is 12.8 Å². The minimum absolute atomic E-state index is 0.0198. The molecule has 0 heterocycles. The van der Waals surface area contributed by atoms with Gasteiger partial charge in [0.25, 0.3) is 0 Å². The second kappa shape index (κ2) is 33.2. The maximum absolute atomic E-state index is 12.4. The molecule has 0 saturated heterocycles. The first kappa shape index (κ1) is 45.7. The van der Waals surface area contributed by atoms with Gasteiger partial charge in [0.05, 0.1) is 12.7 Å². The lowest BCUT2D eigenvalue weighted by Crippen LogP contribution is -2.29. The summed E-state index contributed by atoms with van der Waals surface area (Å²) >= 11 is 0. The number of carbonyl (C=O) groups is 2. The predicted octanol–water partition coefficient (Wildman–Crippen LogP) is 9.53. The molecule has 0 saturated carbocycles. The molecule has 0 fully saturated rings. The number of hydrogen-bond acceptors (Lipinski definition) is 7. The van der Waals surface area contributed by atoms with Gasteiger partial charge in [-0.2, -0.15) is 0 Å². The van der Waals surface area contributed by atoms with Crippen LogP contribution in [0.4, 0.5) is 0 Å². The fourth-order valence-corrected chi connectivity index (χ4v) is 5.05. The second-order valence-corrected chi connectivity index (χ2v) is 13.3. The lowest BCUT2D eigenvalue weighted by molar-refractivity contribution is -0.161. The number of unbranched alkanes of at least 4 members (excludes halogenated alkanes) is 11. The molecule has 0 radical (unpaired) electrons. The van der Waals surface area contributed by atoms with Crippen LogP contribution in [0.5, 0.6) is 0 Å². The number of allylic oxidation sites excluding steroid dienone is 9. The molecule has 0 aromatic carbocycles. The summed E-state index contributed by atoms with van der Waals surface area (Å²) in [5, 5.41) is 10.2. The topological polar surface area (TPSA) is 140 Å². The van der Waals surface area contributed by atoms with Crippen molar-refractivity contribution in [3.05, 3.63) is 60.8 Å². The zero-order valence-corrected chi connectivity index (χ0v) is 30.6. The summed E-state index contributed by atoms with van der Waals surface area (Å²) in [5.74, 6) is -1.09. The van der Waals surface area contributed by atoms with Crippen molar-refractivity contribution in [2.45, 2.75) is 154 Å². The van der Waals surface area contributed by atoms with E-state index in [9.17, 15) is 19.3 Å². The Morgan fingerprint density at radius 2 is 1.17 bits per heavy atom. The third kappa shape index (κ3) is 35.0. The number of hydrogen-bond donors (Lipinski definition) is 3. The molecule has 0 aliphatic rings. The van der Waals surface area contributed by atoms with E-state index in [0.717, 1.165) is 44.9 Å². The first-order valence-corrected chi connectivity index (χ1v) is 19.7. The third-order valence-electron chi connectivity index (χ3n) is 7.40. The van der Waals surface area contributed by atoms with E-state index >= 15 is 0 Å². The van der Waals surface area contributed by atoms with Gasteiger partial charge in [-0.1, -0.05) is 145 Å². The van der Waals surface area contributed by atoms with Gasteiger partial charge in [0.2, 0.25) is 0 Å². The van der Waals surface area contributed by atoms with Crippen LogP contribution in [0.15, 0.2) is 60.8 Å². The summed E-state index contributed by atoms with van der Waals surface area (Å²) in [6.07, 6.45) is 36.9. The fourth-order valence-electron chi connectivity index (χ4n) is 4.69. The van der Waals surface area contributed by atoms with Crippen molar-refractivity contribution in [3.63, 3.8) is 0 Å². The standard InChI is InChI=1S/C38H65O9P/c1-3-5-7-9-11-13-15-17-18-20-22-24-26-29-35(39)30-28-32-38(41)47-36(34-46-48(42,43)44)33-45-37(40)31-27-25-23-21-19-16-14-12-10-8-6-4-2/h5,7,11,13,17-18,22,24,26,29,35-36,39H,3-4,6,8-10,12,14-16,19-21,23,25,27-28,30-34H2,1-2H3,(H2,42,43,44)/b7-5-,13-11-,18-17-,24-22-,29-26+/t35?,36-/m1/s1. The van der Waals surface area contributed by atoms with Crippen LogP contribution >= 0.6 is 7.82 Å². The second-order valence-electron chi connectivity index (χ2n) is 12.0. The van der Waals surface area contributed by atoms with Crippen molar-refractivity contribution in [2.75, 3.05) is 13.2 Å². The SMILES string of the molecule is CC/C=C\C/C=C\C/C=C\C/C=C\C=C\C(O)CCCC(=O)O[C@H](COC(=O)CCCCCCCCCCCCCC)COP(=O)(O)O. The molecule has 10 heteroatoms. The zero-order valence-electron chi connectivity index (χ0n) is 29.7. The number of phosphoric acid groups is 1. The summed E-state index contributed by atoms with van der Waals surface area (Å²) in [6.45, 7) is 3.38. The molecule has 1 unspecified atom stereocenters. The number of ether oxygens (including phenoxy) is 2. The first-order chi connectivity index (χ1) is 23.2. The van der Waals surface area contributed by atoms with Gasteiger partial charge in [-0.05, 0) is 44.9 Å². The van der Waals surface area contributed by atoms with Gasteiger partial charge in [0.15, 0.2) is 6.10 Å². The minimum Gasteiger partial charge on any atom is -0.462 e. The van der Waals surface area contributed by atoms with Crippen LogP contribution in [0.1, 0.15) is 142 Å². The van der Waals surface area contributed by atoms with E-state index in [0.29, 0.717) is 19.3 Å². The van der Waals surface area contributed by atoms with Gasteiger partial charge in [-0.3, -0.25) is 14.1 Å². The summed E-state index contributed by atoms with van der Waals surface area (Å²) in [6, 6.07) is 0. The van der Waals surface area contributed by atoms with Gasteiger partial charge < -0.3 is 24.4 Å². The van der Waals surface area contributed by atoms with Crippen molar-refractivity contribution < 1.29 is 43.0 Å². The number of carbonyl (C=O) groups excluding carboxylic acids is 2. The first-order valence-electron chi connectivity index (χ1n) is 18.2. The van der Waals surface area contributed by atoms with Crippen molar-refractivity contribution in [3.8, 4) is 0 Å². The van der Waals surface area contributed by atoms with Gasteiger partial charge >= 0.3 is 19.8 Å². The van der Waals surface area contributed by atoms with Crippen molar-refractivity contribution in [2.24, 2.45) is 0 Å². The number of phosphoric ester groups is 1. The Morgan fingerprint density at radius 1 is 0.646 bits per heavy atom. The predicted molar refractivity (Wildman–Crippen MR) is 194 cm³/mol. The molecule has 0 aliphatic carbocycles. The van der Waals surface area contributed by atoms with Crippen molar-refractivity contribution >= 4 is 19.8 Å². The minimum atomic E-state index is -4.80. The number of aliphatic hydroxyl groups excluding tert-OH is 1. The highest BCUT2D eigenvalue weighted by atomic mass is 31.2. The molecular weight excluding hydrogens is 631 g/mol. The lowest BCUT2D eigenvalue weighted by atomic mass is 10.0. The Balaban J connectivity index is 4.22. The van der Waals surface area contributed by atoms with Gasteiger partial charge in [0.1, 0.15) is 6.61 Å². The number of aliphatic hydroxyl groups is 1. The van der Waals surface area contributed by atoms with E-state index in [1.807, 2.05) is 12.2 Å². The maximum Gasteiger partial charge on any atom is 0.469 e. The molecule has 0 spiro atoms. The Bertz CT molecular complexity index is 981. The van der Waals surface area contributed by atoms with Crippen molar-refractivity contribution in [1.29, 1.82) is 0 Å². The van der Waals surface area contributed by atoms with E-state index in [1.165, 1.54) is 51.4 Å². The summed E-state index contributed by atoms with van der Waals surface area (Å²) in [4.78, 5) is 42.6. The van der Waals surface area contributed by atoms with E-state index in [1.54, 1.807) is 12.2 Å². The number of esters is 2. The molecule has 0 amide bonds. The van der Waals surface area contributed by atoms with Crippen LogP contribution in [-0.4, -0.2) is 52.3 Å². The van der Waals surface area contributed by atoms with Crippen LogP contribution < -0.4 is 0 Å². The Labute approximate surface area is 290 Å². The monoisotopic (exact) mass is 696 g/mol. The molecular formula is C38H65O9P. The zero-order chi connectivity index (χ0) is 35.6. The molecule has 0 aliphatic heterocycles. The van der Waals surface area contributed by atoms with E-state index in [-0.39, 0.29) is 19.4 Å². The average molecular weight is 697 g/mol. The Hall–Kier alpha value is -2.29. The lowest BCUT2D eigenvalue weighted by Gasteiger charge is -2.18. The van der Waals surface area contributed by atoms with Crippen LogP contribution in [0.2, 0.25) is 0 Å². The summed E-state index contributed by atoms with van der Waals surface area (Å²) in [7, 11) is -4.80.